The highest BCUT2D eigenvalue weighted by molar-refractivity contribution is 5.49. The smallest absolute Gasteiger partial charge is 0.126 e. The number of hydrogen-bond acceptors (Lipinski definition) is 3. The maximum atomic E-state index is 13.2. The van der Waals surface area contributed by atoms with Crippen molar-refractivity contribution in [2.75, 3.05) is 25.6 Å². The van der Waals surface area contributed by atoms with E-state index in [1.165, 1.54) is 12.1 Å². The standard InChI is InChI=1S/C14H19FN2O/c1-14(2,4-5-18-3)10-17-13-7-11(9-16)6-12(15)8-13/h6-8,17H,4-5,10H2,1-3H3. The van der Waals surface area contributed by atoms with Crippen LogP contribution in [0.4, 0.5) is 10.1 Å². The number of halogens is 1. The number of nitrogens with zero attached hydrogens (tertiary/aromatic N) is 1. The van der Waals surface area contributed by atoms with E-state index in [0.29, 0.717) is 24.4 Å². The van der Waals surface area contributed by atoms with Gasteiger partial charge >= 0.3 is 0 Å². The number of rotatable bonds is 6. The molecule has 0 bridgehead atoms. The monoisotopic (exact) mass is 250 g/mol. The van der Waals surface area contributed by atoms with E-state index in [0.717, 1.165) is 6.42 Å². The van der Waals surface area contributed by atoms with Crippen LogP contribution in [0.2, 0.25) is 0 Å². The van der Waals surface area contributed by atoms with Crippen molar-refractivity contribution < 1.29 is 9.13 Å². The lowest BCUT2D eigenvalue weighted by Crippen LogP contribution is -2.24. The normalized spacial score (nSPS) is 11.1. The summed E-state index contributed by atoms with van der Waals surface area (Å²) in [6, 6.07) is 6.21. The fraction of sp³-hybridized carbons (Fsp3) is 0.500. The molecule has 0 heterocycles. The number of methoxy groups -OCH3 is 1. The average molecular weight is 250 g/mol. The molecule has 98 valence electrons. The second-order valence-electron chi connectivity index (χ2n) is 5.10. The van der Waals surface area contributed by atoms with Crippen molar-refractivity contribution in [2.45, 2.75) is 20.3 Å². The number of hydrogen-bond donors (Lipinski definition) is 1. The highest BCUT2D eigenvalue weighted by Crippen LogP contribution is 2.22. The molecule has 0 aliphatic heterocycles. The lowest BCUT2D eigenvalue weighted by Gasteiger charge is -2.25. The molecule has 0 fully saturated rings. The predicted molar refractivity (Wildman–Crippen MR) is 69.9 cm³/mol. The van der Waals surface area contributed by atoms with Gasteiger partial charge in [-0.05, 0) is 30.0 Å². The average Bonchev–Trinajstić information content (AvgIpc) is 2.33. The van der Waals surface area contributed by atoms with E-state index < -0.39 is 5.82 Å². The first-order valence-electron chi connectivity index (χ1n) is 5.90. The molecule has 1 rings (SSSR count). The third-order valence-corrected chi connectivity index (χ3v) is 2.78. The van der Waals surface area contributed by atoms with Gasteiger partial charge in [-0.15, -0.1) is 0 Å². The maximum Gasteiger partial charge on any atom is 0.126 e. The Labute approximate surface area is 108 Å². The minimum Gasteiger partial charge on any atom is -0.385 e. The molecule has 0 atom stereocenters. The minimum absolute atomic E-state index is 0.0507. The van der Waals surface area contributed by atoms with E-state index in [9.17, 15) is 4.39 Å². The fourth-order valence-electron chi connectivity index (χ4n) is 1.56. The Kier molecular flexibility index (Phi) is 5.11. The van der Waals surface area contributed by atoms with Gasteiger partial charge in [0.05, 0.1) is 11.6 Å². The molecule has 0 amide bonds. The van der Waals surface area contributed by atoms with Crippen molar-refractivity contribution in [3.05, 3.63) is 29.6 Å². The van der Waals surface area contributed by atoms with E-state index in [2.05, 4.69) is 19.2 Å². The van der Waals surface area contributed by atoms with Crippen LogP contribution in [0.25, 0.3) is 0 Å². The van der Waals surface area contributed by atoms with Crippen molar-refractivity contribution in [3.63, 3.8) is 0 Å². The zero-order valence-corrected chi connectivity index (χ0v) is 11.1. The topological polar surface area (TPSA) is 45.0 Å². The molecule has 1 aromatic rings. The highest BCUT2D eigenvalue weighted by Gasteiger charge is 2.17. The Morgan fingerprint density at radius 1 is 1.39 bits per heavy atom. The summed E-state index contributed by atoms with van der Waals surface area (Å²) in [5.41, 5.74) is 1.01. The van der Waals surface area contributed by atoms with E-state index in [1.54, 1.807) is 13.2 Å². The fourth-order valence-corrected chi connectivity index (χ4v) is 1.56. The molecule has 0 saturated carbocycles. The lowest BCUT2D eigenvalue weighted by atomic mass is 9.89. The van der Waals surface area contributed by atoms with Gasteiger partial charge in [0.2, 0.25) is 0 Å². The van der Waals surface area contributed by atoms with Crippen molar-refractivity contribution in [1.29, 1.82) is 5.26 Å². The van der Waals surface area contributed by atoms with Crippen LogP contribution in [0.3, 0.4) is 0 Å². The summed E-state index contributed by atoms with van der Waals surface area (Å²) in [4.78, 5) is 0. The van der Waals surface area contributed by atoms with Crippen LogP contribution in [0.1, 0.15) is 25.8 Å². The van der Waals surface area contributed by atoms with Gasteiger partial charge in [0.25, 0.3) is 0 Å². The highest BCUT2D eigenvalue weighted by atomic mass is 19.1. The van der Waals surface area contributed by atoms with Crippen molar-refractivity contribution in [3.8, 4) is 6.07 Å². The summed E-state index contributed by atoms with van der Waals surface area (Å²) < 4.78 is 18.3. The largest absolute Gasteiger partial charge is 0.385 e. The Morgan fingerprint density at radius 2 is 2.11 bits per heavy atom. The van der Waals surface area contributed by atoms with Crippen LogP contribution in [0.5, 0.6) is 0 Å². The summed E-state index contributed by atoms with van der Waals surface area (Å²) in [6.45, 7) is 5.62. The number of ether oxygens (including phenoxy) is 1. The van der Waals surface area contributed by atoms with Gasteiger partial charge in [0.15, 0.2) is 0 Å². The van der Waals surface area contributed by atoms with Crippen LogP contribution in [0.15, 0.2) is 18.2 Å². The molecule has 1 aromatic carbocycles. The molecular formula is C14H19FN2O. The third kappa shape index (κ3) is 4.72. The number of benzene rings is 1. The predicted octanol–water partition coefficient (Wildman–Crippen LogP) is 3.17. The molecule has 0 aromatic heterocycles. The Bertz CT molecular complexity index is 438. The second kappa shape index (κ2) is 6.36. The van der Waals surface area contributed by atoms with Crippen LogP contribution < -0.4 is 5.32 Å². The molecule has 0 aliphatic carbocycles. The number of nitriles is 1. The summed E-state index contributed by atoms with van der Waals surface area (Å²) in [6.07, 6.45) is 0.914. The van der Waals surface area contributed by atoms with E-state index in [1.807, 2.05) is 6.07 Å². The summed E-state index contributed by atoms with van der Waals surface area (Å²) in [7, 11) is 1.68. The van der Waals surface area contributed by atoms with E-state index in [-0.39, 0.29) is 5.41 Å². The zero-order valence-electron chi connectivity index (χ0n) is 11.1. The van der Waals surface area contributed by atoms with Gasteiger partial charge in [-0.1, -0.05) is 13.8 Å². The first kappa shape index (κ1) is 14.5. The Balaban J connectivity index is 2.63. The molecule has 0 spiro atoms. The van der Waals surface area contributed by atoms with Crippen LogP contribution in [-0.2, 0) is 4.74 Å². The zero-order chi connectivity index (χ0) is 13.6. The van der Waals surface area contributed by atoms with Crippen LogP contribution >= 0.6 is 0 Å². The van der Waals surface area contributed by atoms with Gasteiger partial charge in [-0.3, -0.25) is 0 Å². The van der Waals surface area contributed by atoms with Crippen LogP contribution in [0, 0.1) is 22.6 Å². The first-order chi connectivity index (χ1) is 8.46. The molecule has 0 unspecified atom stereocenters. The Hall–Kier alpha value is -1.60. The third-order valence-electron chi connectivity index (χ3n) is 2.78. The molecule has 0 radical (unpaired) electrons. The van der Waals surface area contributed by atoms with E-state index >= 15 is 0 Å². The van der Waals surface area contributed by atoms with Gasteiger partial charge < -0.3 is 10.1 Å². The lowest BCUT2D eigenvalue weighted by molar-refractivity contribution is 0.157. The summed E-state index contributed by atoms with van der Waals surface area (Å²) >= 11 is 0. The molecule has 0 saturated heterocycles. The quantitative estimate of drug-likeness (QED) is 0.843. The van der Waals surface area contributed by atoms with Crippen LogP contribution in [-0.4, -0.2) is 20.3 Å². The molecule has 1 N–H and O–H groups in total. The van der Waals surface area contributed by atoms with Crippen molar-refractivity contribution >= 4 is 5.69 Å². The minimum atomic E-state index is -0.397. The second-order valence-corrected chi connectivity index (χ2v) is 5.10. The van der Waals surface area contributed by atoms with E-state index in [4.69, 9.17) is 10.00 Å². The molecule has 18 heavy (non-hydrogen) atoms. The van der Waals surface area contributed by atoms with Gasteiger partial charge in [0.1, 0.15) is 5.82 Å². The molecule has 4 heteroatoms. The molecular weight excluding hydrogens is 231 g/mol. The Morgan fingerprint density at radius 3 is 2.72 bits per heavy atom. The molecule has 0 aliphatic rings. The van der Waals surface area contributed by atoms with Crippen molar-refractivity contribution in [2.24, 2.45) is 5.41 Å². The van der Waals surface area contributed by atoms with Gasteiger partial charge in [0, 0.05) is 25.9 Å². The van der Waals surface area contributed by atoms with Gasteiger partial charge in [-0.2, -0.15) is 5.26 Å². The molecule has 3 nitrogen and oxygen atoms in total. The van der Waals surface area contributed by atoms with Gasteiger partial charge in [-0.25, -0.2) is 4.39 Å². The number of anilines is 1. The first-order valence-corrected chi connectivity index (χ1v) is 5.90. The summed E-state index contributed by atoms with van der Waals surface area (Å²) in [5.74, 6) is -0.397. The number of nitrogens with one attached hydrogen (secondary N) is 1. The maximum absolute atomic E-state index is 13.2. The van der Waals surface area contributed by atoms with Crippen molar-refractivity contribution in [1.82, 2.24) is 0 Å². The summed E-state index contributed by atoms with van der Waals surface area (Å²) in [5, 5.41) is 11.9. The SMILES string of the molecule is COCCC(C)(C)CNc1cc(F)cc(C#N)c1.